The zero-order chi connectivity index (χ0) is 14.3. The number of hydrogen-bond acceptors (Lipinski definition) is 3. The number of urea groups is 1. The van der Waals surface area contributed by atoms with Gasteiger partial charge in [0.05, 0.1) is 6.42 Å². The van der Waals surface area contributed by atoms with Crippen LogP contribution in [-0.2, 0) is 9.59 Å². The summed E-state index contributed by atoms with van der Waals surface area (Å²) in [5.74, 6) is -1.65. The zero-order valence-electron chi connectivity index (χ0n) is 10.9. The highest BCUT2D eigenvalue weighted by atomic mass is 16.4. The quantitative estimate of drug-likeness (QED) is 0.521. The van der Waals surface area contributed by atoms with Gasteiger partial charge in [-0.25, -0.2) is 4.79 Å². The lowest BCUT2D eigenvalue weighted by molar-refractivity contribution is -0.137. The SMILES string of the molecule is CCCC(CC(=O)O)NC(=O)NC(C)(C)C(N)=O. The van der Waals surface area contributed by atoms with Gasteiger partial charge >= 0.3 is 12.0 Å². The number of carboxylic acid groups (broad SMARTS) is 1. The molecule has 7 heteroatoms. The van der Waals surface area contributed by atoms with Crippen molar-refractivity contribution in [2.45, 2.75) is 51.6 Å². The number of carbonyl (C=O) groups is 3. The Morgan fingerprint density at radius 2 is 1.89 bits per heavy atom. The molecule has 0 bridgehead atoms. The van der Waals surface area contributed by atoms with Gasteiger partial charge in [0.2, 0.25) is 5.91 Å². The first-order valence-electron chi connectivity index (χ1n) is 5.79. The molecule has 0 aliphatic heterocycles. The van der Waals surface area contributed by atoms with Crippen LogP contribution in [0.5, 0.6) is 0 Å². The Hall–Kier alpha value is -1.79. The molecule has 0 aromatic heterocycles. The molecule has 1 unspecified atom stereocenters. The Morgan fingerprint density at radius 1 is 1.33 bits per heavy atom. The number of primary amides is 1. The highest BCUT2D eigenvalue weighted by Gasteiger charge is 2.27. The van der Waals surface area contributed by atoms with Gasteiger partial charge in [0, 0.05) is 6.04 Å². The van der Waals surface area contributed by atoms with Crippen molar-refractivity contribution in [3.8, 4) is 0 Å². The van der Waals surface area contributed by atoms with Gasteiger partial charge < -0.3 is 21.5 Å². The molecule has 104 valence electrons. The molecule has 1 atom stereocenters. The first-order valence-corrected chi connectivity index (χ1v) is 5.79. The van der Waals surface area contributed by atoms with Crippen molar-refractivity contribution in [2.24, 2.45) is 5.73 Å². The molecule has 0 aromatic carbocycles. The molecule has 0 aromatic rings. The largest absolute Gasteiger partial charge is 0.481 e. The fraction of sp³-hybridized carbons (Fsp3) is 0.727. The summed E-state index contributed by atoms with van der Waals surface area (Å²) in [5, 5.41) is 13.6. The monoisotopic (exact) mass is 259 g/mol. The maximum absolute atomic E-state index is 11.6. The Morgan fingerprint density at radius 3 is 2.28 bits per heavy atom. The van der Waals surface area contributed by atoms with Crippen LogP contribution in [0.2, 0.25) is 0 Å². The van der Waals surface area contributed by atoms with Crippen LogP contribution < -0.4 is 16.4 Å². The maximum atomic E-state index is 11.6. The van der Waals surface area contributed by atoms with Crippen molar-refractivity contribution < 1.29 is 19.5 Å². The van der Waals surface area contributed by atoms with Gasteiger partial charge in [-0.3, -0.25) is 9.59 Å². The Kier molecular flexibility index (Phi) is 6.15. The number of carbonyl (C=O) groups excluding carboxylic acids is 2. The molecule has 0 aliphatic rings. The Labute approximate surface area is 106 Å². The van der Waals surface area contributed by atoms with Crippen molar-refractivity contribution in [3.63, 3.8) is 0 Å². The third kappa shape index (κ3) is 6.07. The van der Waals surface area contributed by atoms with Crippen molar-refractivity contribution in [1.29, 1.82) is 0 Å². The molecule has 0 rings (SSSR count). The molecule has 0 saturated carbocycles. The summed E-state index contributed by atoms with van der Waals surface area (Å²) in [5.41, 5.74) is 3.94. The number of rotatable bonds is 7. The van der Waals surface area contributed by atoms with Crippen molar-refractivity contribution >= 4 is 17.9 Å². The fourth-order valence-corrected chi connectivity index (χ4v) is 1.35. The van der Waals surface area contributed by atoms with Gasteiger partial charge in [-0.05, 0) is 20.3 Å². The summed E-state index contributed by atoms with van der Waals surface area (Å²) in [4.78, 5) is 33.3. The molecule has 7 nitrogen and oxygen atoms in total. The van der Waals surface area contributed by atoms with Crippen LogP contribution in [0.1, 0.15) is 40.0 Å². The van der Waals surface area contributed by atoms with E-state index in [9.17, 15) is 14.4 Å². The molecule has 3 amide bonds. The lowest BCUT2D eigenvalue weighted by Crippen LogP contribution is -2.57. The molecule has 18 heavy (non-hydrogen) atoms. The van der Waals surface area contributed by atoms with Gasteiger partial charge in [-0.15, -0.1) is 0 Å². The lowest BCUT2D eigenvalue weighted by Gasteiger charge is -2.24. The molecular formula is C11H21N3O4. The number of nitrogens with two attached hydrogens (primary N) is 1. The van der Waals surface area contributed by atoms with Crippen molar-refractivity contribution in [2.75, 3.05) is 0 Å². The maximum Gasteiger partial charge on any atom is 0.315 e. The number of carboxylic acids is 1. The van der Waals surface area contributed by atoms with E-state index in [1.807, 2.05) is 6.92 Å². The van der Waals surface area contributed by atoms with Gasteiger partial charge in [0.1, 0.15) is 5.54 Å². The molecule has 5 N–H and O–H groups in total. The predicted molar refractivity (Wildman–Crippen MR) is 65.9 cm³/mol. The fourth-order valence-electron chi connectivity index (χ4n) is 1.35. The van der Waals surface area contributed by atoms with Crippen LogP contribution >= 0.6 is 0 Å². The van der Waals surface area contributed by atoms with E-state index in [0.29, 0.717) is 6.42 Å². The zero-order valence-corrected chi connectivity index (χ0v) is 10.9. The summed E-state index contributed by atoms with van der Waals surface area (Å²) < 4.78 is 0. The molecule has 0 aliphatic carbocycles. The van der Waals surface area contributed by atoms with E-state index in [4.69, 9.17) is 10.8 Å². The highest BCUT2D eigenvalue weighted by molar-refractivity contribution is 5.89. The minimum atomic E-state index is -1.18. The summed E-state index contributed by atoms with van der Waals surface area (Å²) in [6.45, 7) is 4.84. The van der Waals surface area contributed by atoms with Crippen LogP contribution in [0.3, 0.4) is 0 Å². The van der Waals surface area contributed by atoms with Gasteiger partial charge in [0.25, 0.3) is 0 Å². The first kappa shape index (κ1) is 16.2. The second-order valence-corrected chi connectivity index (χ2v) is 4.67. The Balaban J connectivity index is 4.42. The summed E-state index contributed by atoms with van der Waals surface area (Å²) in [6.07, 6.45) is 1.15. The van der Waals surface area contributed by atoms with Crippen LogP contribution in [0.15, 0.2) is 0 Å². The summed E-state index contributed by atoms with van der Waals surface area (Å²) in [7, 11) is 0. The molecular weight excluding hydrogens is 238 g/mol. The van der Waals surface area contributed by atoms with E-state index in [-0.39, 0.29) is 6.42 Å². The highest BCUT2D eigenvalue weighted by Crippen LogP contribution is 2.04. The van der Waals surface area contributed by atoms with Gasteiger partial charge in [-0.1, -0.05) is 13.3 Å². The standard InChI is InChI=1S/C11H21N3O4/c1-4-5-7(6-8(15)16)13-10(18)14-11(2,3)9(12)17/h7H,4-6H2,1-3H3,(H2,12,17)(H,15,16)(H2,13,14,18). The summed E-state index contributed by atoms with van der Waals surface area (Å²) >= 11 is 0. The van der Waals surface area contributed by atoms with Crippen molar-refractivity contribution in [3.05, 3.63) is 0 Å². The normalized spacial score (nSPS) is 12.6. The van der Waals surface area contributed by atoms with E-state index < -0.39 is 29.5 Å². The second kappa shape index (κ2) is 6.83. The van der Waals surface area contributed by atoms with Crippen LogP contribution in [0.4, 0.5) is 4.79 Å². The van der Waals surface area contributed by atoms with E-state index in [1.54, 1.807) is 0 Å². The smallest absolute Gasteiger partial charge is 0.315 e. The molecule has 0 saturated heterocycles. The number of nitrogens with one attached hydrogen (secondary N) is 2. The number of aliphatic carboxylic acids is 1. The minimum absolute atomic E-state index is 0.155. The van der Waals surface area contributed by atoms with Gasteiger partial charge in [-0.2, -0.15) is 0 Å². The molecule has 0 spiro atoms. The Bertz CT molecular complexity index is 328. The average molecular weight is 259 g/mol. The topological polar surface area (TPSA) is 122 Å². The molecule has 0 radical (unpaired) electrons. The average Bonchev–Trinajstić information content (AvgIpc) is 2.15. The molecule has 0 fully saturated rings. The summed E-state index contributed by atoms with van der Waals surface area (Å²) in [6, 6.07) is -1.06. The van der Waals surface area contributed by atoms with Crippen LogP contribution in [0.25, 0.3) is 0 Å². The van der Waals surface area contributed by atoms with E-state index in [1.165, 1.54) is 13.8 Å². The van der Waals surface area contributed by atoms with Crippen LogP contribution in [0, 0.1) is 0 Å². The van der Waals surface area contributed by atoms with E-state index in [2.05, 4.69) is 10.6 Å². The second-order valence-electron chi connectivity index (χ2n) is 4.67. The third-order valence-electron chi connectivity index (χ3n) is 2.44. The molecule has 0 heterocycles. The van der Waals surface area contributed by atoms with Crippen molar-refractivity contribution in [1.82, 2.24) is 10.6 Å². The van der Waals surface area contributed by atoms with E-state index >= 15 is 0 Å². The number of amides is 3. The number of hydrogen-bond donors (Lipinski definition) is 4. The first-order chi connectivity index (χ1) is 8.19. The van der Waals surface area contributed by atoms with E-state index in [0.717, 1.165) is 6.42 Å². The van der Waals surface area contributed by atoms with Crippen LogP contribution in [-0.4, -0.2) is 34.6 Å². The minimum Gasteiger partial charge on any atom is -0.481 e. The van der Waals surface area contributed by atoms with Gasteiger partial charge in [0.15, 0.2) is 0 Å². The third-order valence-corrected chi connectivity index (χ3v) is 2.44. The lowest BCUT2D eigenvalue weighted by atomic mass is 10.1. The predicted octanol–water partition coefficient (Wildman–Crippen LogP) is 0.193.